The van der Waals surface area contributed by atoms with E-state index in [2.05, 4.69) is 102 Å². The van der Waals surface area contributed by atoms with E-state index in [-0.39, 0.29) is 5.41 Å². The Morgan fingerprint density at radius 3 is 1.80 bits per heavy atom. The van der Waals surface area contributed by atoms with Gasteiger partial charge in [0.15, 0.2) is 0 Å². The molecule has 2 aromatic heterocycles. The molecule has 0 saturated carbocycles. The standard InChI is InChI=1S/C32H27N3/c1-22-10-16-30-26(20-22)32(2,3)27-21-24(29-9-5-7-19-34-29)13-17-31(27)35(30)25-14-11-23(12-15-25)28-8-4-6-18-33-28/h4-21H,1-3H3. The van der Waals surface area contributed by atoms with E-state index in [4.69, 9.17) is 0 Å². The lowest BCUT2D eigenvalue weighted by Gasteiger charge is -2.42. The van der Waals surface area contributed by atoms with Crippen molar-refractivity contribution in [2.24, 2.45) is 0 Å². The van der Waals surface area contributed by atoms with Crippen molar-refractivity contribution in [3.05, 3.63) is 126 Å². The summed E-state index contributed by atoms with van der Waals surface area (Å²) in [5, 5.41) is 0. The zero-order valence-electron chi connectivity index (χ0n) is 20.2. The molecule has 0 aliphatic carbocycles. The fourth-order valence-corrected chi connectivity index (χ4v) is 5.14. The summed E-state index contributed by atoms with van der Waals surface area (Å²) in [5.74, 6) is 0. The van der Waals surface area contributed by atoms with Crippen LogP contribution >= 0.6 is 0 Å². The molecule has 0 N–H and O–H groups in total. The zero-order valence-corrected chi connectivity index (χ0v) is 20.2. The number of aryl methyl sites for hydroxylation is 1. The largest absolute Gasteiger partial charge is 0.310 e. The average Bonchev–Trinajstić information content (AvgIpc) is 2.90. The van der Waals surface area contributed by atoms with E-state index in [0.29, 0.717) is 0 Å². The molecule has 3 aromatic carbocycles. The molecule has 0 saturated heterocycles. The number of benzene rings is 3. The summed E-state index contributed by atoms with van der Waals surface area (Å²) in [7, 11) is 0. The minimum absolute atomic E-state index is 0.147. The van der Waals surface area contributed by atoms with Gasteiger partial charge >= 0.3 is 0 Å². The highest BCUT2D eigenvalue weighted by molar-refractivity contribution is 5.87. The van der Waals surface area contributed by atoms with E-state index in [0.717, 1.165) is 28.2 Å². The van der Waals surface area contributed by atoms with Crippen molar-refractivity contribution in [2.75, 3.05) is 4.90 Å². The fourth-order valence-electron chi connectivity index (χ4n) is 5.14. The average molecular weight is 454 g/mol. The fraction of sp³-hybridized carbons (Fsp3) is 0.125. The van der Waals surface area contributed by atoms with Crippen LogP contribution in [0, 0.1) is 6.92 Å². The first-order valence-electron chi connectivity index (χ1n) is 12.0. The monoisotopic (exact) mass is 453 g/mol. The smallest absolute Gasteiger partial charge is 0.0702 e. The third kappa shape index (κ3) is 3.60. The molecular formula is C32H27N3. The normalized spacial score (nSPS) is 13.7. The first-order valence-corrected chi connectivity index (χ1v) is 12.0. The third-order valence-corrected chi connectivity index (χ3v) is 7.02. The SMILES string of the molecule is Cc1ccc2c(c1)C(C)(C)c1cc(-c3ccccn3)ccc1N2c1ccc(-c2ccccn2)cc1. The van der Waals surface area contributed by atoms with Crippen LogP contribution in [-0.2, 0) is 5.41 Å². The van der Waals surface area contributed by atoms with E-state index in [1.54, 1.807) is 0 Å². The number of hydrogen-bond donors (Lipinski definition) is 0. The number of aromatic nitrogens is 2. The van der Waals surface area contributed by atoms with Gasteiger partial charge in [0.1, 0.15) is 0 Å². The summed E-state index contributed by atoms with van der Waals surface area (Å²) >= 11 is 0. The van der Waals surface area contributed by atoms with Gasteiger partial charge in [0.05, 0.1) is 22.8 Å². The summed E-state index contributed by atoms with van der Waals surface area (Å²) in [4.78, 5) is 11.5. The molecule has 170 valence electrons. The van der Waals surface area contributed by atoms with E-state index < -0.39 is 0 Å². The second-order valence-electron chi connectivity index (χ2n) is 9.69. The lowest BCUT2D eigenvalue weighted by Crippen LogP contribution is -2.30. The maximum absolute atomic E-state index is 4.60. The van der Waals surface area contributed by atoms with Crippen molar-refractivity contribution >= 4 is 17.1 Å². The maximum atomic E-state index is 4.60. The Kier molecular flexibility index (Phi) is 5.00. The van der Waals surface area contributed by atoms with Gasteiger partial charge in [-0.05, 0) is 72.6 Å². The van der Waals surface area contributed by atoms with Crippen LogP contribution in [0.1, 0.15) is 30.5 Å². The summed E-state index contributed by atoms with van der Waals surface area (Å²) in [6.07, 6.45) is 3.69. The summed E-state index contributed by atoms with van der Waals surface area (Å²) < 4.78 is 0. The highest BCUT2D eigenvalue weighted by Crippen LogP contribution is 2.52. The molecule has 0 fully saturated rings. The van der Waals surface area contributed by atoms with Gasteiger partial charge in [-0.15, -0.1) is 0 Å². The predicted octanol–water partition coefficient (Wildman–Crippen LogP) is 8.23. The lowest BCUT2D eigenvalue weighted by molar-refractivity contribution is 0.631. The molecule has 3 heterocycles. The molecule has 0 amide bonds. The zero-order chi connectivity index (χ0) is 24.0. The van der Waals surface area contributed by atoms with Crippen molar-refractivity contribution in [3.8, 4) is 22.5 Å². The van der Waals surface area contributed by atoms with Gasteiger partial charge in [-0.3, -0.25) is 9.97 Å². The molecule has 6 rings (SSSR count). The Morgan fingerprint density at radius 2 is 1.17 bits per heavy atom. The van der Waals surface area contributed by atoms with Crippen LogP contribution in [0.4, 0.5) is 17.1 Å². The molecule has 0 radical (unpaired) electrons. The van der Waals surface area contributed by atoms with Crippen molar-refractivity contribution < 1.29 is 0 Å². The Balaban J connectivity index is 1.53. The van der Waals surface area contributed by atoms with Gasteiger partial charge in [-0.2, -0.15) is 0 Å². The molecule has 1 aliphatic rings. The number of fused-ring (bicyclic) bond motifs is 2. The van der Waals surface area contributed by atoms with Crippen LogP contribution < -0.4 is 4.90 Å². The molecule has 1 aliphatic heterocycles. The number of nitrogens with zero attached hydrogens (tertiary/aromatic N) is 3. The minimum atomic E-state index is -0.147. The summed E-state index contributed by atoms with van der Waals surface area (Å²) in [6, 6.07) is 34.4. The highest BCUT2D eigenvalue weighted by Gasteiger charge is 2.37. The number of hydrogen-bond acceptors (Lipinski definition) is 3. The molecule has 0 atom stereocenters. The van der Waals surface area contributed by atoms with E-state index in [1.165, 1.54) is 28.1 Å². The molecule has 5 aromatic rings. The van der Waals surface area contributed by atoms with Gasteiger partial charge in [0.25, 0.3) is 0 Å². The van der Waals surface area contributed by atoms with E-state index in [9.17, 15) is 0 Å². The van der Waals surface area contributed by atoms with Crippen LogP contribution in [0.2, 0.25) is 0 Å². The summed E-state index contributed by atoms with van der Waals surface area (Å²) in [6.45, 7) is 6.82. The van der Waals surface area contributed by atoms with Crippen molar-refractivity contribution in [1.82, 2.24) is 9.97 Å². The number of rotatable bonds is 3. The Hall–Kier alpha value is -4.24. The van der Waals surface area contributed by atoms with Gasteiger partial charge in [-0.25, -0.2) is 0 Å². The van der Waals surface area contributed by atoms with Crippen LogP contribution in [0.25, 0.3) is 22.5 Å². The molecule has 3 nitrogen and oxygen atoms in total. The van der Waals surface area contributed by atoms with Crippen molar-refractivity contribution in [3.63, 3.8) is 0 Å². The molecule has 35 heavy (non-hydrogen) atoms. The van der Waals surface area contributed by atoms with Crippen molar-refractivity contribution in [1.29, 1.82) is 0 Å². The minimum Gasteiger partial charge on any atom is -0.310 e. The Bertz CT molecular complexity index is 1500. The van der Waals surface area contributed by atoms with Crippen molar-refractivity contribution in [2.45, 2.75) is 26.2 Å². The highest BCUT2D eigenvalue weighted by atomic mass is 15.2. The molecule has 0 bridgehead atoms. The third-order valence-electron chi connectivity index (χ3n) is 7.02. The number of anilines is 3. The molecule has 0 spiro atoms. The van der Waals surface area contributed by atoms with E-state index >= 15 is 0 Å². The van der Waals surface area contributed by atoms with Gasteiger partial charge in [-0.1, -0.05) is 61.9 Å². The van der Waals surface area contributed by atoms with Crippen LogP contribution in [0.3, 0.4) is 0 Å². The van der Waals surface area contributed by atoms with Gasteiger partial charge in [0.2, 0.25) is 0 Å². The Morgan fingerprint density at radius 1 is 0.600 bits per heavy atom. The summed E-state index contributed by atoms with van der Waals surface area (Å²) in [5.41, 5.74) is 11.5. The number of pyridine rings is 2. The Labute approximate surface area is 206 Å². The molecule has 3 heteroatoms. The quantitative estimate of drug-likeness (QED) is 0.275. The first kappa shape index (κ1) is 21.3. The first-order chi connectivity index (χ1) is 17.0. The topological polar surface area (TPSA) is 29.0 Å². The molecule has 0 unspecified atom stereocenters. The van der Waals surface area contributed by atoms with E-state index in [1.807, 2.05) is 42.7 Å². The van der Waals surface area contributed by atoms with Crippen LogP contribution in [0.5, 0.6) is 0 Å². The predicted molar refractivity (Wildman–Crippen MR) is 144 cm³/mol. The maximum Gasteiger partial charge on any atom is 0.0702 e. The van der Waals surface area contributed by atoms with Gasteiger partial charge in [0, 0.05) is 34.6 Å². The van der Waals surface area contributed by atoms with Gasteiger partial charge < -0.3 is 4.90 Å². The van der Waals surface area contributed by atoms with Crippen LogP contribution in [-0.4, -0.2) is 9.97 Å². The second-order valence-corrected chi connectivity index (χ2v) is 9.69. The lowest BCUT2D eigenvalue weighted by atomic mass is 9.72. The molecular weight excluding hydrogens is 426 g/mol. The second kappa shape index (κ2) is 8.21. The van der Waals surface area contributed by atoms with Crippen LogP contribution in [0.15, 0.2) is 109 Å².